The Kier molecular flexibility index (Phi) is 14.6. The lowest BCUT2D eigenvalue weighted by Crippen LogP contribution is -2.37. The van der Waals surface area contributed by atoms with E-state index in [1.165, 1.54) is 6.92 Å². The Balaban J connectivity index is 4.07. The third-order valence-electron chi connectivity index (χ3n) is 4.78. The minimum atomic E-state index is -0.518. The van der Waals surface area contributed by atoms with E-state index in [9.17, 15) is 24.0 Å². The Hall–Kier alpha value is -2.09. The van der Waals surface area contributed by atoms with Gasteiger partial charge in [0.05, 0.1) is 13.1 Å². The molecule has 0 aromatic carbocycles. The molecule has 172 valence electrons. The van der Waals surface area contributed by atoms with Crippen molar-refractivity contribution in [3.8, 4) is 0 Å². The van der Waals surface area contributed by atoms with Crippen molar-refractivity contribution in [2.45, 2.75) is 65.7 Å². The van der Waals surface area contributed by atoms with Gasteiger partial charge in [0, 0.05) is 37.6 Å². The second kappa shape index (κ2) is 15.7. The van der Waals surface area contributed by atoms with Gasteiger partial charge in [0.15, 0.2) is 5.78 Å². The molecule has 0 unspecified atom stereocenters. The molecule has 0 aliphatic carbocycles. The van der Waals surface area contributed by atoms with Gasteiger partial charge in [-0.15, -0.1) is 0 Å². The van der Waals surface area contributed by atoms with Crippen LogP contribution in [0.5, 0.6) is 0 Å². The van der Waals surface area contributed by atoms with E-state index in [1.54, 1.807) is 19.0 Å². The second-order valence-electron chi connectivity index (χ2n) is 8.39. The Morgan fingerprint density at radius 1 is 0.867 bits per heavy atom. The van der Waals surface area contributed by atoms with Gasteiger partial charge in [0.25, 0.3) is 0 Å². The largest absolute Gasteiger partial charge is 0.356 e. The van der Waals surface area contributed by atoms with Crippen LogP contribution < -0.4 is 10.6 Å². The van der Waals surface area contributed by atoms with Gasteiger partial charge in [-0.3, -0.25) is 24.0 Å². The average molecular weight is 426 g/mol. The number of rotatable bonds is 17. The number of nitrogens with zero attached hydrogens (tertiary/aromatic N) is 1. The Morgan fingerprint density at radius 3 is 2.10 bits per heavy atom. The van der Waals surface area contributed by atoms with Gasteiger partial charge >= 0.3 is 0 Å². The van der Waals surface area contributed by atoms with E-state index < -0.39 is 5.92 Å². The minimum absolute atomic E-state index is 0.0226. The first-order valence-electron chi connectivity index (χ1n) is 10.8. The molecule has 0 bridgehead atoms. The molecule has 0 saturated heterocycles. The van der Waals surface area contributed by atoms with Crippen LogP contribution in [0.15, 0.2) is 0 Å². The SMILES string of the molecule is CC(=O)[C@H](CCC(=O)NCCCCCC(=O)C(C)C)CC(=O)CNC(=O)CN(C)C. The van der Waals surface area contributed by atoms with Crippen molar-refractivity contribution >= 4 is 29.2 Å². The van der Waals surface area contributed by atoms with E-state index in [0.29, 0.717) is 19.4 Å². The number of hydrogen-bond acceptors (Lipinski definition) is 6. The summed E-state index contributed by atoms with van der Waals surface area (Å²) in [6.07, 6.45) is 3.59. The number of Topliss-reactive ketones (excluding diaryl/α,β-unsaturated/α-hetero) is 3. The molecular formula is C22H39N3O5. The first kappa shape index (κ1) is 27.9. The molecule has 0 aliphatic heterocycles. The summed E-state index contributed by atoms with van der Waals surface area (Å²) >= 11 is 0. The van der Waals surface area contributed by atoms with E-state index in [0.717, 1.165) is 19.3 Å². The van der Waals surface area contributed by atoms with Crippen molar-refractivity contribution in [3.63, 3.8) is 0 Å². The van der Waals surface area contributed by atoms with Crippen molar-refractivity contribution < 1.29 is 24.0 Å². The average Bonchev–Trinajstić information content (AvgIpc) is 2.64. The van der Waals surface area contributed by atoms with Crippen molar-refractivity contribution in [1.29, 1.82) is 0 Å². The highest BCUT2D eigenvalue weighted by molar-refractivity contribution is 5.90. The fraction of sp³-hybridized carbons (Fsp3) is 0.773. The predicted molar refractivity (Wildman–Crippen MR) is 116 cm³/mol. The quantitative estimate of drug-likeness (QED) is 0.342. The Labute approximate surface area is 180 Å². The van der Waals surface area contributed by atoms with E-state index in [1.807, 2.05) is 13.8 Å². The van der Waals surface area contributed by atoms with Crippen LogP contribution in [0.4, 0.5) is 0 Å². The first-order chi connectivity index (χ1) is 14.0. The minimum Gasteiger partial charge on any atom is -0.356 e. The summed E-state index contributed by atoms with van der Waals surface area (Å²) in [5.41, 5.74) is 0. The maximum atomic E-state index is 12.1. The number of carbonyl (C=O) groups excluding carboxylic acids is 5. The van der Waals surface area contributed by atoms with Crippen molar-refractivity contribution in [2.75, 3.05) is 33.7 Å². The lowest BCUT2D eigenvalue weighted by Gasteiger charge is -2.14. The fourth-order valence-electron chi connectivity index (χ4n) is 2.85. The maximum absolute atomic E-state index is 12.1. The fourth-order valence-corrected chi connectivity index (χ4v) is 2.85. The normalized spacial score (nSPS) is 12.0. The summed E-state index contributed by atoms with van der Waals surface area (Å²) in [7, 11) is 3.51. The lowest BCUT2D eigenvalue weighted by molar-refractivity contribution is -0.128. The molecule has 30 heavy (non-hydrogen) atoms. The highest BCUT2D eigenvalue weighted by atomic mass is 16.2. The Bertz CT molecular complexity index is 587. The predicted octanol–water partition coefficient (Wildman–Crippen LogP) is 1.51. The molecule has 0 radical (unpaired) electrons. The molecule has 0 spiro atoms. The maximum Gasteiger partial charge on any atom is 0.234 e. The highest BCUT2D eigenvalue weighted by Gasteiger charge is 2.20. The smallest absolute Gasteiger partial charge is 0.234 e. The number of carbonyl (C=O) groups is 5. The summed E-state index contributed by atoms with van der Waals surface area (Å²) in [4.78, 5) is 60.6. The molecule has 0 aliphatic rings. The topological polar surface area (TPSA) is 113 Å². The van der Waals surface area contributed by atoms with E-state index in [-0.39, 0.29) is 61.0 Å². The number of amides is 2. The molecule has 0 aromatic rings. The van der Waals surface area contributed by atoms with Crippen LogP contribution in [0.25, 0.3) is 0 Å². The van der Waals surface area contributed by atoms with Gasteiger partial charge in [-0.2, -0.15) is 0 Å². The monoisotopic (exact) mass is 425 g/mol. The zero-order valence-electron chi connectivity index (χ0n) is 19.2. The van der Waals surface area contributed by atoms with Crippen LogP contribution in [0, 0.1) is 11.8 Å². The molecule has 0 saturated carbocycles. The van der Waals surface area contributed by atoms with Crippen molar-refractivity contribution in [1.82, 2.24) is 15.5 Å². The number of ketones is 3. The molecule has 0 fully saturated rings. The third-order valence-corrected chi connectivity index (χ3v) is 4.78. The number of unbranched alkanes of at least 4 members (excludes halogenated alkanes) is 2. The van der Waals surface area contributed by atoms with E-state index in [4.69, 9.17) is 0 Å². The van der Waals surface area contributed by atoms with Crippen LogP contribution >= 0.6 is 0 Å². The number of nitrogens with one attached hydrogen (secondary N) is 2. The molecule has 2 N–H and O–H groups in total. The Morgan fingerprint density at radius 2 is 1.53 bits per heavy atom. The van der Waals surface area contributed by atoms with Crippen LogP contribution in [0.3, 0.4) is 0 Å². The summed E-state index contributed by atoms with van der Waals surface area (Å²) in [5, 5.41) is 5.36. The van der Waals surface area contributed by atoms with Crippen LogP contribution in [0.1, 0.15) is 65.7 Å². The number of likely N-dealkylation sites (N-methyl/N-ethyl adjacent to an activating group) is 1. The second-order valence-corrected chi connectivity index (χ2v) is 8.39. The van der Waals surface area contributed by atoms with Gasteiger partial charge in [-0.1, -0.05) is 20.3 Å². The summed E-state index contributed by atoms with van der Waals surface area (Å²) in [6.45, 7) is 5.83. The molecule has 8 heteroatoms. The summed E-state index contributed by atoms with van der Waals surface area (Å²) in [6, 6.07) is 0. The van der Waals surface area contributed by atoms with Gasteiger partial charge < -0.3 is 15.5 Å². The van der Waals surface area contributed by atoms with Crippen molar-refractivity contribution in [2.24, 2.45) is 11.8 Å². The molecule has 8 nitrogen and oxygen atoms in total. The third kappa shape index (κ3) is 14.8. The van der Waals surface area contributed by atoms with Crippen molar-refractivity contribution in [3.05, 3.63) is 0 Å². The standard InChI is InChI=1S/C22H39N3O5/c1-16(2)20(28)9-7-6-8-12-23-21(29)11-10-18(17(3)26)13-19(27)14-24-22(30)15-25(4)5/h16,18H,6-15H2,1-5H3,(H,23,29)(H,24,30)/t18-/m1/s1. The molecule has 0 heterocycles. The molecule has 0 rings (SSSR count). The zero-order chi connectivity index (χ0) is 23.1. The lowest BCUT2D eigenvalue weighted by atomic mass is 9.93. The van der Waals surface area contributed by atoms with Crippen LogP contribution in [-0.2, 0) is 24.0 Å². The van der Waals surface area contributed by atoms with Crippen LogP contribution in [0.2, 0.25) is 0 Å². The summed E-state index contributed by atoms with van der Waals surface area (Å²) < 4.78 is 0. The van der Waals surface area contributed by atoms with E-state index in [2.05, 4.69) is 10.6 Å². The van der Waals surface area contributed by atoms with Gasteiger partial charge in [-0.25, -0.2) is 0 Å². The van der Waals surface area contributed by atoms with Crippen LogP contribution in [-0.4, -0.2) is 67.8 Å². The highest BCUT2D eigenvalue weighted by Crippen LogP contribution is 2.13. The summed E-state index contributed by atoms with van der Waals surface area (Å²) in [5.74, 6) is -0.937. The van der Waals surface area contributed by atoms with Gasteiger partial charge in [0.1, 0.15) is 11.6 Å². The molecule has 1 atom stereocenters. The first-order valence-corrected chi connectivity index (χ1v) is 10.8. The van der Waals surface area contributed by atoms with Gasteiger partial charge in [0.2, 0.25) is 11.8 Å². The molecule has 2 amide bonds. The number of hydrogen-bond donors (Lipinski definition) is 2. The zero-order valence-corrected chi connectivity index (χ0v) is 19.2. The van der Waals surface area contributed by atoms with Gasteiger partial charge in [-0.05, 0) is 40.3 Å². The van der Waals surface area contributed by atoms with E-state index >= 15 is 0 Å². The molecular weight excluding hydrogens is 386 g/mol. The molecule has 0 aromatic heterocycles.